The van der Waals surface area contributed by atoms with E-state index in [-0.39, 0.29) is 28.7 Å². The van der Waals surface area contributed by atoms with Gasteiger partial charge >= 0.3 is 6.09 Å². The molecule has 9 heteroatoms. The Morgan fingerprint density at radius 2 is 2.16 bits per heavy atom. The van der Waals surface area contributed by atoms with Crippen LogP contribution < -0.4 is 14.4 Å². The zero-order valence-corrected chi connectivity index (χ0v) is 14.4. The number of aromatic nitrogens is 1. The van der Waals surface area contributed by atoms with Crippen molar-refractivity contribution in [3.8, 4) is 5.88 Å². The van der Waals surface area contributed by atoms with Crippen LogP contribution in [0, 0.1) is 6.92 Å². The number of amides is 1. The first kappa shape index (κ1) is 17.0. The number of fused-ring (bicyclic) bond motifs is 1. The van der Waals surface area contributed by atoms with Gasteiger partial charge in [0.25, 0.3) is 10.0 Å². The lowest BCUT2D eigenvalue weighted by Gasteiger charge is -2.33. The molecular weight excluding hydrogens is 346 g/mol. The normalized spacial score (nSPS) is 16.7. The maximum absolute atomic E-state index is 13.1. The Labute approximate surface area is 145 Å². The van der Waals surface area contributed by atoms with Crippen LogP contribution in [-0.4, -0.2) is 37.3 Å². The molecule has 2 N–H and O–H groups in total. The highest BCUT2D eigenvalue weighted by Gasteiger charge is 2.34. The molecule has 8 nitrogen and oxygen atoms in total. The van der Waals surface area contributed by atoms with Crippen molar-refractivity contribution in [1.82, 2.24) is 4.98 Å². The van der Waals surface area contributed by atoms with Crippen LogP contribution in [-0.2, 0) is 10.0 Å². The SMILES string of the molecule is Cc1cccc(S(=O)(=O)N2CC(C)Oc3ncc(NC(=O)O)cc32)c1. The molecule has 0 fully saturated rings. The summed E-state index contributed by atoms with van der Waals surface area (Å²) in [6.07, 6.45) is -0.375. The molecular formula is C16H17N3O5S. The second-order valence-corrected chi connectivity index (χ2v) is 7.62. The molecule has 0 radical (unpaired) electrons. The van der Waals surface area contributed by atoms with E-state index in [1.54, 1.807) is 19.1 Å². The number of nitrogens with one attached hydrogen (secondary N) is 1. The fourth-order valence-electron chi connectivity index (χ4n) is 2.59. The number of hydrogen-bond donors (Lipinski definition) is 2. The summed E-state index contributed by atoms with van der Waals surface area (Å²) in [6.45, 7) is 3.65. The van der Waals surface area contributed by atoms with Gasteiger partial charge in [-0.2, -0.15) is 0 Å². The van der Waals surface area contributed by atoms with Gasteiger partial charge in [0.1, 0.15) is 11.8 Å². The number of rotatable bonds is 3. The van der Waals surface area contributed by atoms with Gasteiger partial charge in [-0.05, 0) is 37.6 Å². The monoisotopic (exact) mass is 363 g/mol. The van der Waals surface area contributed by atoms with E-state index in [1.165, 1.54) is 22.6 Å². The minimum atomic E-state index is -3.84. The Morgan fingerprint density at radius 1 is 1.40 bits per heavy atom. The second-order valence-electron chi connectivity index (χ2n) is 5.76. The van der Waals surface area contributed by atoms with Crippen molar-refractivity contribution in [2.75, 3.05) is 16.2 Å². The van der Waals surface area contributed by atoms with Crippen molar-refractivity contribution < 1.29 is 23.1 Å². The Kier molecular flexibility index (Phi) is 4.25. The first-order valence-corrected chi connectivity index (χ1v) is 8.97. The average Bonchev–Trinajstić information content (AvgIpc) is 2.54. The lowest BCUT2D eigenvalue weighted by Crippen LogP contribution is -2.42. The summed E-state index contributed by atoms with van der Waals surface area (Å²) in [5.74, 6) is 0.144. The molecule has 1 unspecified atom stereocenters. The third-order valence-corrected chi connectivity index (χ3v) is 5.44. The molecule has 1 amide bonds. The molecule has 1 aliphatic heterocycles. The predicted molar refractivity (Wildman–Crippen MR) is 91.7 cm³/mol. The molecule has 1 aromatic carbocycles. The van der Waals surface area contributed by atoms with Crippen LogP contribution in [0.4, 0.5) is 16.2 Å². The number of carbonyl (C=O) groups is 1. The van der Waals surface area contributed by atoms with Gasteiger partial charge in [0.15, 0.2) is 0 Å². The number of anilines is 2. The van der Waals surface area contributed by atoms with Gasteiger partial charge in [-0.25, -0.2) is 18.2 Å². The van der Waals surface area contributed by atoms with Crippen molar-refractivity contribution in [3.05, 3.63) is 42.1 Å². The molecule has 0 saturated carbocycles. The fourth-order valence-corrected chi connectivity index (χ4v) is 4.23. The number of hydrogen-bond acceptors (Lipinski definition) is 5. The maximum atomic E-state index is 13.1. The van der Waals surface area contributed by atoms with E-state index >= 15 is 0 Å². The quantitative estimate of drug-likeness (QED) is 0.867. The van der Waals surface area contributed by atoms with Crippen LogP contribution in [0.25, 0.3) is 0 Å². The predicted octanol–water partition coefficient (Wildman–Crippen LogP) is 2.46. The van der Waals surface area contributed by atoms with Gasteiger partial charge in [-0.1, -0.05) is 12.1 Å². The standard InChI is InChI=1S/C16H17N3O5S/c1-10-4-3-5-13(6-10)25(22,23)19-9-11(2)24-15-14(19)7-12(8-17-15)18-16(20)21/h3-8,11,18H,9H2,1-2H3,(H,20,21). The Bertz CT molecular complexity index is 929. The fraction of sp³-hybridized carbons (Fsp3) is 0.250. The van der Waals surface area contributed by atoms with E-state index in [9.17, 15) is 13.2 Å². The number of carboxylic acid groups (broad SMARTS) is 1. The van der Waals surface area contributed by atoms with Crippen LogP contribution in [0.1, 0.15) is 12.5 Å². The molecule has 132 valence electrons. The molecule has 1 atom stereocenters. The molecule has 1 aliphatic rings. The first-order chi connectivity index (χ1) is 11.8. The van der Waals surface area contributed by atoms with Crippen molar-refractivity contribution in [3.63, 3.8) is 0 Å². The summed E-state index contributed by atoms with van der Waals surface area (Å²) in [6, 6.07) is 7.99. The summed E-state index contributed by atoms with van der Waals surface area (Å²) < 4.78 is 33.0. The van der Waals surface area contributed by atoms with Crippen molar-refractivity contribution in [2.24, 2.45) is 0 Å². The molecule has 3 rings (SSSR count). The largest absolute Gasteiger partial charge is 0.471 e. The second kappa shape index (κ2) is 6.25. The third kappa shape index (κ3) is 3.36. The zero-order chi connectivity index (χ0) is 18.2. The van der Waals surface area contributed by atoms with Gasteiger partial charge in [0.05, 0.1) is 23.3 Å². The molecule has 0 aliphatic carbocycles. The van der Waals surface area contributed by atoms with Crippen molar-refractivity contribution >= 4 is 27.5 Å². The summed E-state index contributed by atoms with van der Waals surface area (Å²) >= 11 is 0. The van der Waals surface area contributed by atoms with Crippen LogP contribution in [0.5, 0.6) is 5.88 Å². The topological polar surface area (TPSA) is 109 Å². The molecule has 0 spiro atoms. The van der Waals surface area contributed by atoms with E-state index in [4.69, 9.17) is 9.84 Å². The van der Waals surface area contributed by atoms with Crippen LogP contribution in [0.2, 0.25) is 0 Å². The van der Waals surface area contributed by atoms with Crippen LogP contribution in [0.3, 0.4) is 0 Å². The van der Waals surface area contributed by atoms with Gasteiger partial charge in [0.2, 0.25) is 5.88 Å². The number of ether oxygens (including phenoxy) is 1. The summed E-state index contributed by atoms with van der Waals surface area (Å²) in [7, 11) is -3.84. The summed E-state index contributed by atoms with van der Waals surface area (Å²) in [5.41, 5.74) is 1.18. The van der Waals surface area contributed by atoms with Gasteiger partial charge < -0.3 is 9.84 Å². The average molecular weight is 363 g/mol. The van der Waals surface area contributed by atoms with Gasteiger partial charge in [-0.15, -0.1) is 0 Å². The molecule has 25 heavy (non-hydrogen) atoms. The molecule has 1 aromatic heterocycles. The Balaban J connectivity index is 2.10. The van der Waals surface area contributed by atoms with Crippen LogP contribution >= 0.6 is 0 Å². The van der Waals surface area contributed by atoms with E-state index in [1.807, 2.05) is 13.0 Å². The minimum Gasteiger partial charge on any atom is -0.471 e. The van der Waals surface area contributed by atoms with Gasteiger partial charge in [0, 0.05) is 0 Å². The number of pyridine rings is 1. The van der Waals surface area contributed by atoms with E-state index in [0.717, 1.165) is 5.56 Å². The van der Waals surface area contributed by atoms with Crippen LogP contribution in [0.15, 0.2) is 41.4 Å². The smallest absolute Gasteiger partial charge is 0.409 e. The summed E-state index contributed by atoms with van der Waals surface area (Å²) in [5, 5.41) is 11.0. The number of benzene rings is 1. The Morgan fingerprint density at radius 3 is 2.84 bits per heavy atom. The van der Waals surface area contributed by atoms with Crippen molar-refractivity contribution in [1.29, 1.82) is 0 Å². The zero-order valence-electron chi connectivity index (χ0n) is 13.6. The third-order valence-electron chi connectivity index (χ3n) is 3.67. The van der Waals surface area contributed by atoms with E-state index in [2.05, 4.69) is 10.3 Å². The Hall–Kier alpha value is -2.81. The highest BCUT2D eigenvalue weighted by atomic mass is 32.2. The maximum Gasteiger partial charge on any atom is 0.409 e. The molecule has 0 bridgehead atoms. The number of nitrogens with zero attached hydrogens (tertiary/aromatic N) is 2. The molecule has 0 saturated heterocycles. The molecule has 2 aromatic rings. The highest BCUT2D eigenvalue weighted by molar-refractivity contribution is 7.92. The van der Waals surface area contributed by atoms with E-state index in [0.29, 0.717) is 0 Å². The summed E-state index contributed by atoms with van der Waals surface area (Å²) in [4.78, 5) is 15.0. The highest BCUT2D eigenvalue weighted by Crippen LogP contribution is 2.37. The lowest BCUT2D eigenvalue weighted by molar-refractivity contribution is 0.208. The minimum absolute atomic E-state index is 0.0987. The number of sulfonamides is 1. The first-order valence-electron chi connectivity index (χ1n) is 7.53. The van der Waals surface area contributed by atoms with E-state index < -0.39 is 22.2 Å². The lowest BCUT2D eigenvalue weighted by atomic mass is 10.2. The molecule has 2 heterocycles. The van der Waals surface area contributed by atoms with Crippen molar-refractivity contribution in [2.45, 2.75) is 24.8 Å². The number of aryl methyl sites for hydroxylation is 1. The van der Waals surface area contributed by atoms with Gasteiger partial charge in [-0.3, -0.25) is 9.62 Å².